The summed E-state index contributed by atoms with van der Waals surface area (Å²) in [7, 11) is 0. The van der Waals surface area contributed by atoms with Crippen LogP contribution < -0.4 is 10.1 Å². The number of ether oxygens (including phenoxy) is 1. The zero-order chi connectivity index (χ0) is 29.5. The zero-order valence-corrected chi connectivity index (χ0v) is 23.3. The number of nitrogens with one attached hydrogen (secondary N) is 1. The third kappa shape index (κ3) is 7.49. The highest BCUT2D eigenvalue weighted by atomic mass is 16.5. The summed E-state index contributed by atoms with van der Waals surface area (Å²) in [5, 5.41) is 14.5. The lowest BCUT2D eigenvalue weighted by Gasteiger charge is -2.22. The number of ketones is 2. The second kappa shape index (κ2) is 13.3. The van der Waals surface area contributed by atoms with E-state index in [1.807, 2.05) is 91.0 Å². The molecular formula is C35H33NO6. The van der Waals surface area contributed by atoms with Crippen molar-refractivity contribution in [1.29, 1.82) is 0 Å². The summed E-state index contributed by atoms with van der Waals surface area (Å²) in [6.45, 7) is 0. The fourth-order valence-electron chi connectivity index (χ4n) is 5.44. The normalized spacial score (nSPS) is 17.7. The second-order valence-electron chi connectivity index (χ2n) is 10.8. The van der Waals surface area contributed by atoms with Gasteiger partial charge in [-0.05, 0) is 71.0 Å². The van der Waals surface area contributed by atoms with Gasteiger partial charge in [-0.1, -0.05) is 66.7 Å². The van der Waals surface area contributed by atoms with Crippen LogP contribution in [0.25, 0.3) is 10.8 Å². The first kappa shape index (κ1) is 28.7. The minimum atomic E-state index is -1.17. The zero-order valence-electron chi connectivity index (χ0n) is 23.3. The van der Waals surface area contributed by atoms with Gasteiger partial charge in [0.25, 0.3) is 0 Å². The third-order valence-electron chi connectivity index (χ3n) is 7.68. The molecule has 0 aromatic heterocycles. The molecule has 0 fully saturated rings. The molecule has 0 unspecified atom stereocenters. The predicted molar refractivity (Wildman–Crippen MR) is 160 cm³/mol. The van der Waals surface area contributed by atoms with Gasteiger partial charge in [0.15, 0.2) is 5.78 Å². The summed E-state index contributed by atoms with van der Waals surface area (Å²) < 4.78 is 6.01. The van der Waals surface area contributed by atoms with E-state index in [4.69, 9.17) is 4.74 Å². The Morgan fingerprint density at radius 2 is 1.57 bits per heavy atom. The third-order valence-corrected chi connectivity index (χ3v) is 7.68. The largest absolute Gasteiger partial charge is 0.481 e. The van der Waals surface area contributed by atoms with E-state index in [0.29, 0.717) is 24.3 Å². The number of carboxylic acid groups (broad SMARTS) is 1. The van der Waals surface area contributed by atoms with Gasteiger partial charge in [0.05, 0.1) is 18.4 Å². The van der Waals surface area contributed by atoms with Gasteiger partial charge in [-0.25, -0.2) is 0 Å². The molecule has 4 aromatic carbocycles. The van der Waals surface area contributed by atoms with E-state index in [0.717, 1.165) is 27.5 Å². The van der Waals surface area contributed by atoms with E-state index in [1.54, 1.807) is 0 Å². The number of fused-ring (bicyclic) bond motifs is 11. The molecule has 1 amide bonds. The van der Waals surface area contributed by atoms with E-state index in [2.05, 4.69) is 5.32 Å². The number of benzene rings is 4. The number of hydrogen-bond acceptors (Lipinski definition) is 5. The van der Waals surface area contributed by atoms with Crippen LogP contribution >= 0.6 is 0 Å². The van der Waals surface area contributed by atoms with Crippen LogP contribution in [0.2, 0.25) is 0 Å². The van der Waals surface area contributed by atoms with Gasteiger partial charge >= 0.3 is 5.97 Å². The first-order chi connectivity index (χ1) is 20.3. The van der Waals surface area contributed by atoms with Crippen LogP contribution in [0.4, 0.5) is 0 Å². The van der Waals surface area contributed by atoms with Crippen molar-refractivity contribution < 1.29 is 29.0 Å². The predicted octanol–water partition coefficient (Wildman–Crippen LogP) is 5.86. The maximum atomic E-state index is 13.6. The number of aliphatic carboxylic acids is 1. The SMILES string of the molecule is O=C(O)C[C@@H]1CC(=O)CCc2cccc(c2)Oc2ccc(cc2)C[C@@H](C(=O)CCc2cccc3ccccc23)NC1=O. The molecule has 2 aliphatic rings. The maximum absolute atomic E-state index is 13.6. The van der Waals surface area contributed by atoms with Crippen molar-refractivity contribution in [3.63, 3.8) is 0 Å². The van der Waals surface area contributed by atoms with E-state index >= 15 is 0 Å². The highest BCUT2D eigenvalue weighted by Crippen LogP contribution is 2.25. The lowest BCUT2D eigenvalue weighted by Crippen LogP contribution is -2.46. The maximum Gasteiger partial charge on any atom is 0.304 e. The molecule has 0 aliphatic carbocycles. The number of amides is 1. The molecule has 2 aliphatic heterocycles. The second-order valence-corrected chi connectivity index (χ2v) is 10.8. The van der Waals surface area contributed by atoms with Gasteiger partial charge < -0.3 is 15.2 Å². The quantitative estimate of drug-likeness (QED) is 0.304. The molecule has 2 N–H and O–H groups in total. The lowest BCUT2D eigenvalue weighted by atomic mass is 9.92. The molecule has 6 rings (SSSR count). The fourth-order valence-corrected chi connectivity index (χ4v) is 5.44. The van der Waals surface area contributed by atoms with Crippen LogP contribution in [-0.4, -0.2) is 34.6 Å². The molecule has 7 nitrogen and oxygen atoms in total. The van der Waals surface area contributed by atoms with Gasteiger partial charge in [0.2, 0.25) is 5.91 Å². The van der Waals surface area contributed by atoms with Crippen molar-refractivity contribution in [1.82, 2.24) is 5.32 Å². The summed E-state index contributed by atoms with van der Waals surface area (Å²) in [4.78, 5) is 51.5. The number of hydrogen-bond donors (Lipinski definition) is 2. The van der Waals surface area contributed by atoms with Crippen LogP contribution in [0.5, 0.6) is 11.5 Å². The van der Waals surface area contributed by atoms with Gasteiger partial charge in [0.1, 0.15) is 17.3 Å². The molecule has 4 bridgehead atoms. The Hall–Kier alpha value is -4.78. The smallest absolute Gasteiger partial charge is 0.304 e. The van der Waals surface area contributed by atoms with Gasteiger partial charge in [-0.2, -0.15) is 0 Å². The average molecular weight is 564 g/mol. The minimum absolute atomic E-state index is 0.161. The van der Waals surface area contributed by atoms with Crippen LogP contribution in [0.1, 0.15) is 42.4 Å². The molecule has 7 heteroatoms. The monoisotopic (exact) mass is 563 g/mol. The first-order valence-electron chi connectivity index (χ1n) is 14.2. The summed E-state index contributed by atoms with van der Waals surface area (Å²) in [5.74, 6) is -1.95. The molecule has 0 saturated heterocycles. The number of carbonyl (C=O) groups excluding carboxylic acids is 3. The summed E-state index contributed by atoms with van der Waals surface area (Å²) >= 11 is 0. The van der Waals surface area contributed by atoms with Crippen molar-refractivity contribution in [2.75, 3.05) is 0 Å². The van der Waals surface area contributed by atoms with Crippen molar-refractivity contribution in [3.05, 3.63) is 108 Å². The van der Waals surface area contributed by atoms with Crippen molar-refractivity contribution >= 4 is 34.2 Å². The molecule has 2 heterocycles. The average Bonchev–Trinajstić information content (AvgIpc) is 2.98. The first-order valence-corrected chi connectivity index (χ1v) is 14.2. The van der Waals surface area contributed by atoms with Crippen LogP contribution in [0.3, 0.4) is 0 Å². The number of carbonyl (C=O) groups is 4. The van der Waals surface area contributed by atoms with Crippen LogP contribution in [-0.2, 0) is 38.4 Å². The molecule has 0 spiro atoms. The topological polar surface area (TPSA) is 110 Å². The Kier molecular flexibility index (Phi) is 9.07. The van der Waals surface area contributed by atoms with E-state index < -0.39 is 30.3 Å². The Labute approximate surface area is 244 Å². The Balaban J connectivity index is 1.41. The molecule has 2 atom stereocenters. The highest BCUT2D eigenvalue weighted by molar-refractivity contribution is 5.94. The number of rotatable bonds is 6. The van der Waals surface area contributed by atoms with Crippen molar-refractivity contribution in [3.8, 4) is 11.5 Å². The number of aryl methyl sites for hydroxylation is 2. The van der Waals surface area contributed by atoms with E-state index in [-0.39, 0.29) is 37.2 Å². The molecule has 0 radical (unpaired) electrons. The summed E-state index contributed by atoms with van der Waals surface area (Å²) in [6.07, 6.45) is 0.809. The van der Waals surface area contributed by atoms with Crippen molar-refractivity contribution in [2.45, 2.75) is 51.0 Å². The standard InChI is InChI=1S/C35H33NO6/c37-28-15-11-23-5-3-9-30(19-23)42-29-16-12-24(13-17-29)20-32(36-35(41)27(21-28)22-34(39)40)33(38)18-14-26-8-4-7-25-6-1-2-10-31(25)26/h1-10,12-13,16-17,19,27,32H,11,14-15,18,20-22H2,(H,36,41)(H,39,40)/t27-,32-/m0/s1. The molecular weight excluding hydrogens is 530 g/mol. The Morgan fingerprint density at radius 1 is 0.810 bits per heavy atom. The van der Waals surface area contributed by atoms with Gasteiger partial charge in [-0.3, -0.25) is 19.2 Å². The Morgan fingerprint density at radius 3 is 2.38 bits per heavy atom. The minimum Gasteiger partial charge on any atom is -0.481 e. The van der Waals surface area contributed by atoms with Crippen LogP contribution in [0.15, 0.2) is 91.0 Å². The summed E-state index contributed by atoms with van der Waals surface area (Å²) in [6, 6.07) is 27.9. The summed E-state index contributed by atoms with van der Waals surface area (Å²) in [5.41, 5.74) is 2.75. The highest BCUT2D eigenvalue weighted by Gasteiger charge is 2.29. The Bertz CT molecular complexity index is 1600. The molecule has 0 saturated carbocycles. The van der Waals surface area contributed by atoms with E-state index in [9.17, 15) is 24.3 Å². The number of Topliss-reactive ketones (excluding diaryl/α,β-unsaturated/α-hetero) is 2. The van der Waals surface area contributed by atoms with Gasteiger partial charge in [0, 0.05) is 19.3 Å². The fraction of sp³-hybridized carbons (Fsp3) is 0.257. The number of carboxylic acids is 1. The molecule has 42 heavy (non-hydrogen) atoms. The van der Waals surface area contributed by atoms with E-state index in [1.165, 1.54) is 0 Å². The van der Waals surface area contributed by atoms with Crippen molar-refractivity contribution in [2.24, 2.45) is 5.92 Å². The molecule has 214 valence electrons. The lowest BCUT2D eigenvalue weighted by molar-refractivity contribution is -0.142. The van der Waals surface area contributed by atoms with Gasteiger partial charge in [-0.15, -0.1) is 0 Å². The molecule has 4 aromatic rings. The van der Waals surface area contributed by atoms with Crippen LogP contribution in [0, 0.1) is 5.92 Å².